The van der Waals surface area contributed by atoms with Crippen LogP contribution in [0.2, 0.25) is 0 Å². The van der Waals surface area contributed by atoms with E-state index in [1.807, 2.05) is 6.92 Å². The summed E-state index contributed by atoms with van der Waals surface area (Å²) in [5.41, 5.74) is 2.55. The van der Waals surface area contributed by atoms with Crippen LogP contribution in [0.25, 0.3) is 6.08 Å². The summed E-state index contributed by atoms with van der Waals surface area (Å²) in [6, 6.07) is 0. The SMILES string of the molecule is CCCNCC(=Cc1nc(C)cs1)C(C)C. The average molecular weight is 238 g/mol. The van der Waals surface area contributed by atoms with Crippen LogP contribution in [0.3, 0.4) is 0 Å². The smallest absolute Gasteiger partial charge is 0.116 e. The first kappa shape index (κ1) is 13.4. The van der Waals surface area contributed by atoms with Crippen LogP contribution in [-0.4, -0.2) is 18.1 Å². The van der Waals surface area contributed by atoms with Crippen molar-refractivity contribution in [2.24, 2.45) is 5.92 Å². The second-order valence-electron chi connectivity index (χ2n) is 4.38. The molecule has 0 aliphatic carbocycles. The van der Waals surface area contributed by atoms with E-state index in [1.54, 1.807) is 11.3 Å². The van der Waals surface area contributed by atoms with Gasteiger partial charge >= 0.3 is 0 Å². The molecule has 1 N–H and O–H groups in total. The van der Waals surface area contributed by atoms with Crippen molar-refractivity contribution in [2.45, 2.75) is 34.1 Å². The fourth-order valence-electron chi connectivity index (χ4n) is 1.43. The molecule has 1 rings (SSSR count). The van der Waals surface area contributed by atoms with E-state index in [4.69, 9.17) is 0 Å². The molecule has 0 aromatic carbocycles. The maximum Gasteiger partial charge on any atom is 0.116 e. The third kappa shape index (κ3) is 4.45. The first-order chi connectivity index (χ1) is 7.63. The lowest BCUT2D eigenvalue weighted by molar-refractivity contribution is 0.657. The Bertz CT molecular complexity index is 339. The molecule has 0 atom stereocenters. The zero-order valence-electron chi connectivity index (χ0n) is 10.7. The Morgan fingerprint density at radius 3 is 2.81 bits per heavy atom. The Hall–Kier alpha value is -0.670. The first-order valence-electron chi connectivity index (χ1n) is 5.96. The Kier molecular flexibility index (Phi) is 5.71. The van der Waals surface area contributed by atoms with Crippen LogP contribution in [0.5, 0.6) is 0 Å². The van der Waals surface area contributed by atoms with Crippen LogP contribution >= 0.6 is 11.3 Å². The van der Waals surface area contributed by atoms with Gasteiger partial charge in [-0.25, -0.2) is 4.98 Å². The van der Waals surface area contributed by atoms with Gasteiger partial charge in [-0.1, -0.05) is 26.3 Å². The molecule has 0 spiro atoms. The molecule has 0 unspecified atom stereocenters. The van der Waals surface area contributed by atoms with Crippen molar-refractivity contribution in [3.63, 3.8) is 0 Å². The Morgan fingerprint density at radius 1 is 1.56 bits per heavy atom. The molecule has 0 bridgehead atoms. The number of nitrogens with one attached hydrogen (secondary N) is 1. The summed E-state index contributed by atoms with van der Waals surface area (Å²) in [4.78, 5) is 4.48. The molecule has 2 nitrogen and oxygen atoms in total. The van der Waals surface area contributed by atoms with Crippen molar-refractivity contribution in [3.05, 3.63) is 21.7 Å². The summed E-state index contributed by atoms with van der Waals surface area (Å²) in [7, 11) is 0. The minimum atomic E-state index is 0.577. The molecule has 0 aliphatic heterocycles. The van der Waals surface area contributed by atoms with Crippen molar-refractivity contribution in [1.29, 1.82) is 0 Å². The standard InChI is InChI=1S/C13H22N2S/c1-5-6-14-8-12(10(2)3)7-13-15-11(4)9-16-13/h7,9-10,14H,5-6,8H2,1-4H3. The van der Waals surface area contributed by atoms with Gasteiger partial charge in [-0.15, -0.1) is 11.3 Å². The van der Waals surface area contributed by atoms with Crippen molar-refractivity contribution < 1.29 is 0 Å². The second kappa shape index (κ2) is 6.81. The predicted molar refractivity (Wildman–Crippen MR) is 72.8 cm³/mol. The summed E-state index contributed by atoms with van der Waals surface area (Å²) in [6.07, 6.45) is 3.41. The highest BCUT2D eigenvalue weighted by Gasteiger charge is 2.04. The number of hydrogen-bond acceptors (Lipinski definition) is 3. The molecule has 1 aromatic heterocycles. The Labute approximate surface area is 103 Å². The number of hydrogen-bond donors (Lipinski definition) is 1. The zero-order chi connectivity index (χ0) is 12.0. The van der Waals surface area contributed by atoms with Gasteiger partial charge in [0.2, 0.25) is 0 Å². The van der Waals surface area contributed by atoms with Gasteiger partial charge in [0.1, 0.15) is 5.01 Å². The average Bonchev–Trinajstić information content (AvgIpc) is 2.63. The molecule has 1 heterocycles. The van der Waals surface area contributed by atoms with Crippen LogP contribution in [0.15, 0.2) is 11.0 Å². The van der Waals surface area contributed by atoms with E-state index in [9.17, 15) is 0 Å². The van der Waals surface area contributed by atoms with E-state index in [-0.39, 0.29) is 0 Å². The summed E-state index contributed by atoms with van der Waals surface area (Å²) in [6.45, 7) is 10.8. The zero-order valence-corrected chi connectivity index (χ0v) is 11.5. The van der Waals surface area contributed by atoms with Gasteiger partial charge in [0.15, 0.2) is 0 Å². The lowest BCUT2D eigenvalue weighted by Crippen LogP contribution is -2.19. The molecular weight excluding hydrogens is 216 g/mol. The van der Waals surface area contributed by atoms with E-state index in [0.29, 0.717) is 5.92 Å². The molecule has 0 aliphatic rings. The number of nitrogens with zero attached hydrogens (tertiary/aromatic N) is 1. The summed E-state index contributed by atoms with van der Waals surface area (Å²) in [5.74, 6) is 0.577. The summed E-state index contributed by atoms with van der Waals surface area (Å²) in [5, 5.41) is 6.68. The number of thiazole rings is 1. The molecule has 16 heavy (non-hydrogen) atoms. The minimum absolute atomic E-state index is 0.577. The van der Waals surface area contributed by atoms with E-state index in [0.717, 1.165) is 23.8 Å². The van der Waals surface area contributed by atoms with Crippen molar-refractivity contribution in [2.75, 3.05) is 13.1 Å². The highest BCUT2D eigenvalue weighted by atomic mass is 32.1. The van der Waals surface area contributed by atoms with Gasteiger partial charge in [0.25, 0.3) is 0 Å². The van der Waals surface area contributed by atoms with Gasteiger partial charge in [0.05, 0.1) is 0 Å². The normalized spacial score (nSPS) is 12.4. The van der Waals surface area contributed by atoms with Crippen LogP contribution in [-0.2, 0) is 0 Å². The second-order valence-corrected chi connectivity index (χ2v) is 5.27. The van der Waals surface area contributed by atoms with E-state index < -0.39 is 0 Å². The van der Waals surface area contributed by atoms with Crippen LogP contribution in [0.1, 0.15) is 37.9 Å². The Balaban J connectivity index is 2.65. The molecule has 90 valence electrons. The highest BCUT2D eigenvalue weighted by Crippen LogP contribution is 2.17. The van der Waals surface area contributed by atoms with Gasteiger partial charge in [0, 0.05) is 17.6 Å². The lowest BCUT2D eigenvalue weighted by atomic mass is 10.0. The molecule has 0 saturated heterocycles. The number of aryl methyl sites for hydroxylation is 1. The Morgan fingerprint density at radius 2 is 2.31 bits per heavy atom. The molecule has 1 aromatic rings. The fourth-order valence-corrected chi connectivity index (χ4v) is 2.19. The number of rotatable bonds is 6. The van der Waals surface area contributed by atoms with Crippen molar-refractivity contribution >= 4 is 17.4 Å². The van der Waals surface area contributed by atoms with E-state index >= 15 is 0 Å². The molecule has 3 heteroatoms. The third-order valence-electron chi connectivity index (χ3n) is 2.44. The first-order valence-corrected chi connectivity index (χ1v) is 6.84. The molecule has 0 radical (unpaired) electrons. The third-order valence-corrected chi connectivity index (χ3v) is 3.35. The van der Waals surface area contributed by atoms with Crippen molar-refractivity contribution in [1.82, 2.24) is 10.3 Å². The van der Waals surface area contributed by atoms with Gasteiger partial charge in [-0.05, 0) is 31.9 Å². The molecule has 0 amide bonds. The maximum atomic E-state index is 4.48. The number of aromatic nitrogens is 1. The van der Waals surface area contributed by atoms with E-state index in [1.165, 1.54) is 12.0 Å². The lowest BCUT2D eigenvalue weighted by Gasteiger charge is -2.11. The monoisotopic (exact) mass is 238 g/mol. The topological polar surface area (TPSA) is 24.9 Å². The van der Waals surface area contributed by atoms with Gasteiger partial charge in [-0.3, -0.25) is 0 Å². The molecule has 0 fully saturated rings. The van der Waals surface area contributed by atoms with Gasteiger partial charge < -0.3 is 5.32 Å². The van der Waals surface area contributed by atoms with Crippen LogP contribution in [0.4, 0.5) is 0 Å². The summed E-state index contributed by atoms with van der Waals surface area (Å²) >= 11 is 1.72. The van der Waals surface area contributed by atoms with Crippen LogP contribution < -0.4 is 5.32 Å². The van der Waals surface area contributed by atoms with Crippen molar-refractivity contribution in [3.8, 4) is 0 Å². The summed E-state index contributed by atoms with van der Waals surface area (Å²) < 4.78 is 0. The molecular formula is C13H22N2S. The molecule has 0 saturated carbocycles. The highest BCUT2D eigenvalue weighted by molar-refractivity contribution is 7.10. The van der Waals surface area contributed by atoms with Crippen LogP contribution in [0, 0.1) is 12.8 Å². The quantitative estimate of drug-likeness (QED) is 0.767. The van der Waals surface area contributed by atoms with E-state index in [2.05, 4.69) is 42.5 Å². The maximum absolute atomic E-state index is 4.48. The minimum Gasteiger partial charge on any atom is -0.313 e. The van der Waals surface area contributed by atoms with Gasteiger partial charge in [-0.2, -0.15) is 0 Å². The predicted octanol–water partition coefficient (Wildman–Crippen LogP) is 3.49. The largest absolute Gasteiger partial charge is 0.313 e. The fraction of sp³-hybridized carbons (Fsp3) is 0.615.